The van der Waals surface area contributed by atoms with Gasteiger partial charge in [0.15, 0.2) is 0 Å². The fraction of sp³-hybridized carbons (Fsp3) is 0.812. The van der Waals surface area contributed by atoms with Crippen LogP contribution in [0.3, 0.4) is 0 Å². The van der Waals surface area contributed by atoms with Crippen LogP contribution < -0.4 is 0 Å². The SMILES string of the molecule is C/C=C/C1CCC(C2CCC(C(=O)O)CC2)CC1. The summed E-state index contributed by atoms with van der Waals surface area (Å²) in [6.07, 6.45) is 14.1. The Hall–Kier alpha value is -0.790. The minimum absolute atomic E-state index is 0.0550. The van der Waals surface area contributed by atoms with Crippen molar-refractivity contribution in [2.45, 2.75) is 58.3 Å². The maximum absolute atomic E-state index is 10.9. The van der Waals surface area contributed by atoms with E-state index < -0.39 is 5.97 Å². The van der Waals surface area contributed by atoms with Gasteiger partial charge in [0.1, 0.15) is 0 Å². The van der Waals surface area contributed by atoms with Crippen LogP contribution in [0.1, 0.15) is 58.3 Å². The quantitative estimate of drug-likeness (QED) is 0.760. The van der Waals surface area contributed by atoms with E-state index in [1.54, 1.807) is 0 Å². The van der Waals surface area contributed by atoms with Crippen LogP contribution in [0.5, 0.6) is 0 Å². The maximum atomic E-state index is 10.9. The predicted molar refractivity (Wildman–Crippen MR) is 73.3 cm³/mol. The lowest BCUT2D eigenvalue weighted by molar-refractivity contribution is -0.143. The number of hydrogen-bond acceptors (Lipinski definition) is 1. The number of carboxylic acids is 1. The smallest absolute Gasteiger partial charge is 0.306 e. The van der Waals surface area contributed by atoms with E-state index in [1.807, 2.05) is 0 Å². The van der Waals surface area contributed by atoms with Gasteiger partial charge in [-0.3, -0.25) is 4.79 Å². The zero-order valence-electron chi connectivity index (χ0n) is 11.5. The highest BCUT2D eigenvalue weighted by Crippen LogP contribution is 2.41. The average Bonchev–Trinajstić information content (AvgIpc) is 2.40. The fourth-order valence-corrected chi connectivity index (χ4v) is 3.92. The highest BCUT2D eigenvalue weighted by atomic mass is 16.4. The van der Waals surface area contributed by atoms with Gasteiger partial charge in [-0.2, -0.15) is 0 Å². The summed E-state index contributed by atoms with van der Waals surface area (Å²) >= 11 is 0. The molecule has 2 fully saturated rings. The van der Waals surface area contributed by atoms with Crippen molar-refractivity contribution < 1.29 is 9.90 Å². The predicted octanol–water partition coefficient (Wildman–Crippen LogP) is 4.26. The summed E-state index contributed by atoms with van der Waals surface area (Å²) in [7, 11) is 0. The summed E-state index contributed by atoms with van der Waals surface area (Å²) in [5.74, 6) is 1.86. The summed E-state index contributed by atoms with van der Waals surface area (Å²) in [6, 6.07) is 0. The third kappa shape index (κ3) is 3.37. The van der Waals surface area contributed by atoms with E-state index in [0.29, 0.717) is 0 Å². The van der Waals surface area contributed by atoms with Crippen LogP contribution in [-0.4, -0.2) is 11.1 Å². The van der Waals surface area contributed by atoms with Crippen LogP contribution in [0.2, 0.25) is 0 Å². The summed E-state index contributed by atoms with van der Waals surface area (Å²) in [5.41, 5.74) is 0. The Morgan fingerprint density at radius 3 is 1.89 bits per heavy atom. The van der Waals surface area contributed by atoms with E-state index in [0.717, 1.165) is 43.4 Å². The molecule has 0 bridgehead atoms. The van der Waals surface area contributed by atoms with E-state index in [1.165, 1.54) is 25.7 Å². The van der Waals surface area contributed by atoms with Crippen molar-refractivity contribution in [2.75, 3.05) is 0 Å². The topological polar surface area (TPSA) is 37.3 Å². The number of allylic oxidation sites excluding steroid dienone is 2. The number of carboxylic acid groups (broad SMARTS) is 1. The molecule has 0 aliphatic heterocycles. The normalized spacial score (nSPS) is 37.8. The Morgan fingerprint density at radius 2 is 1.44 bits per heavy atom. The summed E-state index contributed by atoms with van der Waals surface area (Å²) in [4.78, 5) is 10.9. The molecular weight excluding hydrogens is 224 g/mol. The first-order valence-corrected chi connectivity index (χ1v) is 7.56. The Bertz CT molecular complexity index is 292. The van der Waals surface area contributed by atoms with E-state index in [4.69, 9.17) is 5.11 Å². The standard InChI is InChI=1S/C16H26O2/c1-2-3-12-4-6-13(7-5-12)14-8-10-15(11-9-14)16(17)18/h2-3,12-15H,4-11H2,1H3,(H,17,18)/b3-2+. The number of carbonyl (C=O) groups is 1. The first-order chi connectivity index (χ1) is 8.70. The summed E-state index contributed by atoms with van der Waals surface area (Å²) < 4.78 is 0. The van der Waals surface area contributed by atoms with Crippen molar-refractivity contribution in [1.82, 2.24) is 0 Å². The molecule has 1 N–H and O–H groups in total. The highest BCUT2D eigenvalue weighted by molar-refractivity contribution is 5.69. The summed E-state index contributed by atoms with van der Waals surface area (Å²) in [5, 5.41) is 9.02. The number of rotatable bonds is 3. The monoisotopic (exact) mass is 250 g/mol. The largest absolute Gasteiger partial charge is 0.481 e. The van der Waals surface area contributed by atoms with Gasteiger partial charge in [0.05, 0.1) is 5.92 Å². The molecule has 2 aliphatic carbocycles. The van der Waals surface area contributed by atoms with Gasteiger partial charge >= 0.3 is 5.97 Å². The highest BCUT2D eigenvalue weighted by Gasteiger charge is 2.32. The van der Waals surface area contributed by atoms with Crippen LogP contribution in [-0.2, 0) is 4.79 Å². The lowest BCUT2D eigenvalue weighted by Gasteiger charge is -2.36. The maximum Gasteiger partial charge on any atom is 0.306 e. The van der Waals surface area contributed by atoms with Crippen molar-refractivity contribution >= 4 is 5.97 Å². The molecule has 0 spiro atoms. The molecule has 18 heavy (non-hydrogen) atoms. The zero-order valence-corrected chi connectivity index (χ0v) is 11.5. The lowest BCUT2D eigenvalue weighted by Crippen LogP contribution is -2.28. The molecule has 0 unspecified atom stereocenters. The Labute approximate surface area is 110 Å². The van der Waals surface area contributed by atoms with Crippen molar-refractivity contribution in [3.63, 3.8) is 0 Å². The van der Waals surface area contributed by atoms with Gasteiger partial charge in [-0.1, -0.05) is 12.2 Å². The van der Waals surface area contributed by atoms with E-state index in [-0.39, 0.29) is 5.92 Å². The second-order valence-corrected chi connectivity index (χ2v) is 6.15. The molecule has 0 aromatic rings. The molecule has 2 saturated carbocycles. The molecule has 2 heteroatoms. The molecule has 0 aromatic carbocycles. The second-order valence-electron chi connectivity index (χ2n) is 6.15. The number of aliphatic carboxylic acids is 1. The number of hydrogen-bond donors (Lipinski definition) is 1. The molecule has 0 atom stereocenters. The van der Waals surface area contributed by atoms with Crippen LogP contribution in [0, 0.1) is 23.7 Å². The lowest BCUT2D eigenvalue weighted by atomic mass is 9.69. The average molecular weight is 250 g/mol. The molecule has 0 heterocycles. The van der Waals surface area contributed by atoms with Gasteiger partial charge < -0.3 is 5.11 Å². The van der Waals surface area contributed by atoms with Gasteiger partial charge in [0, 0.05) is 0 Å². The van der Waals surface area contributed by atoms with Crippen molar-refractivity contribution in [3.8, 4) is 0 Å². The van der Waals surface area contributed by atoms with Crippen LogP contribution in [0.4, 0.5) is 0 Å². The van der Waals surface area contributed by atoms with Gasteiger partial charge in [-0.25, -0.2) is 0 Å². The van der Waals surface area contributed by atoms with Crippen LogP contribution >= 0.6 is 0 Å². The van der Waals surface area contributed by atoms with Gasteiger partial charge in [0.25, 0.3) is 0 Å². The third-order valence-electron chi connectivity index (χ3n) is 5.07. The Morgan fingerprint density at radius 1 is 0.944 bits per heavy atom. The van der Waals surface area contributed by atoms with Crippen LogP contribution in [0.25, 0.3) is 0 Å². The first kappa shape index (κ1) is 13.6. The van der Waals surface area contributed by atoms with Crippen LogP contribution in [0.15, 0.2) is 12.2 Å². The molecule has 2 rings (SSSR count). The first-order valence-electron chi connectivity index (χ1n) is 7.56. The molecule has 2 aliphatic rings. The van der Waals surface area contributed by atoms with E-state index in [9.17, 15) is 4.79 Å². The van der Waals surface area contributed by atoms with Crippen molar-refractivity contribution in [1.29, 1.82) is 0 Å². The zero-order chi connectivity index (χ0) is 13.0. The minimum Gasteiger partial charge on any atom is -0.481 e. The minimum atomic E-state index is -0.578. The van der Waals surface area contributed by atoms with Gasteiger partial charge in [0.2, 0.25) is 0 Å². The molecule has 0 saturated heterocycles. The molecular formula is C16H26O2. The summed E-state index contributed by atoms with van der Waals surface area (Å²) in [6.45, 7) is 2.11. The molecule has 0 amide bonds. The van der Waals surface area contributed by atoms with E-state index >= 15 is 0 Å². The second kappa shape index (κ2) is 6.40. The molecule has 0 radical (unpaired) electrons. The molecule has 2 nitrogen and oxygen atoms in total. The Kier molecular flexibility index (Phi) is 4.85. The molecule has 0 aromatic heterocycles. The fourth-order valence-electron chi connectivity index (χ4n) is 3.92. The van der Waals surface area contributed by atoms with E-state index in [2.05, 4.69) is 19.1 Å². The third-order valence-corrected chi connectivity index (χ3v) is 5.07. The Balaban J connectivity index is 1.76. The van der Waals surface area contributed by atoms with Gasteiger partial charge in [-0.05, 0) is 76.0 Å². The molecule has 102 valence electrons. The van der Waals surface area contributed by atoms with Gasteiger partial charge in [-0.15, -0.1) is 0 Å². The van der Waals surface area contributed by atoms with Crippen molar-refractivity contribution in [3.05, 3.63) is 12.2 Å². The van der Waals surface area contributed by atoms with Crippen molar-refractivity contribution in [2.24, 2.45) is 23.7 Å².